The molecule has 27 heavy (non-hydrogen) atoms. The van der Waals surface area contributed by atoms with Crippen LogP contribution in [-0.4, -0.2) is 53.8 Å². The van der Waals surface area contributed by atoms with E-state index in [1.165, 1.54) is 0 Å². The highest BCUT2D eigenvalue weighted by Gasteiger charge is 2.34. The molecule has 4 N–H and O–H groups in total. The fourth-order valence-corrected chi connectivity index (χ4v) is 3.88. The number of carbonyl (C=O) groups excluding carboxylic acids is 1. The number of aromatic amines is 1. The number of hydrogen-bond donors (Lipinski definition) is 4. The van der Waals surface area contributed by atoms with E-state index in [1.807, 2.05) is 24.3 Å². The number of rotatable bonds is 8. The topological polar surface area (TPSA) is 103 Å². The maximum absolute atomic E-state index is 12.7. The molecule has 2 aromatic rings. The second-order valence-corrected chi connectivity index (χ2v) is 7.15. The fraction of sp³-hybridized carbons (Fsp3) is 0.500. The van der Waals surface area contributed by atoms with Crippen LogP contribution in [0.2, 0.25) is 0 Å². The number of amides is 1. The van der Waals surface area contributed by atoms with E-state index in [4.69, 9.17) is 4.74 Å². The van der Waals surface area contributed by atoms with E-state index >= 15 is 0 Å². The third-order valence-corrected chi connectivity index (χ3v) is 5.39. The number of H-pyrrole nitrogens is 1. The average molecular weight is 373 g/mol. The molecule has 0 spiro atoms. The summed E-state index contributed by atoms with van der Waals surface area (Å²) in [6, 6.07) is 6.83. The number of benzene rings is 1. The zero-order valence-corrected chi connectivity index (χ0v) is 15.7. The molecule has 2 heterocycles. The monoisotopic (exact) mass is 373 g/mol. The van der Waals surface area contributed by atoms with E-state index < -0.39 is 17.9 Å². The molecular weight excluding hydrogens is 346 g/mol. The van der Waals surface area contributed by atoms with Crippen LogP contribution in [0.5, 0.6) is 0 Å². The second-order valence-electron chi connectivity index (χ2n) is 7.15. The molecule has 1 aliphatic rings. The molecule has 4 atom stereocenters. The van der Waals surface area contributed by atoms with Gasteiger partial charge in [0.05, 0.1) is 12.0 Å². The third kappa shape index (κ3) is 4.31. The number of aromatic nitrogens is 1. The number of ether oxygens (including phenoxy) is 1. The van der Waals surface area contributed by atoms with Crippen LogP contribution in [0.1, 0.15) is 25.3 Å². The highest BCUT2D eigenvalue weighted by Crippen LogP contribution is 2.21. The van der Waals surface area contributed by atoms with Crippen molar-refractivity contribution in [3.05, 3.63) is 36.0 Å². The molecule has 1 aliphatic heterocycles. The molecule has 146 valence electrons. The standard InChI is InChI=1S/C20H27N3O4/c1-12(18(27-2)16-8-5-9-21-16)19(24)23-17(20(25)26)10-13-11-22-15-7-4-3-6-14(13)15/h3-4,6-7,11-12,16-18,21-22H,5,8-10H2,1-2H3,(H,23,24)(H,25,26)/t12-,16+,17+,18-/m1/s1. The van der Waals surface area contributed by atoms with Gasteiger partial charge in [-0.05, 0) is 31.0 Å². The Labute approximate surface area is 158 Å². The van der Waals surface area contributed by atoms with Gasteiger partial charge in [-0.2, -0.15) is 0 Å². The Hall–Kier alpha value is -2.38. The van der Waals surface area contributed by atoms with Gasteiger partial charge in [0.1, 0.15) is 6.04 Å². The maximum atomic E-state index is 12.7. The Morgan fingerprint density at radius 1 is 1.37 bits per heavy atom. The number of hydrogen-bond acceptors (Lipinski definition) is 4. The molecule has 7 nitrogen and oxygen atoms in total. The zero-order chi connectivity index (χ0) is 19.4. The van der Waals surface area contributed by atoms with Crippen molar-refractivity contribution in [1.29, 1.82) is 0 Å². The largest absolute Gasteiger partial charge is 0.480 e. The molecule has 1 aromatic heterocycles. The van der Waals surface area contributed by atoms with Crippen molar-refractivity contribution in [3.8, 4) is 0 Å². The molecule has 0 radical (unpaired) electrons. The minimum atomic E-state index is -1.05. The lowest BCUT2D eigenvalue weighted by Crippen LogP contribution is -2.50. The Balaban J connectivity index is 1.69. The van der Waals surface area contributed by atoms with Gasteiger partial charge in [0.15, 0.2) is 0 Å². The first-order valence-electron chi connectivity index (χ1n) is 9.35. The van der Waals surface area contributed by atoms with Gasteiger partial charge in [-0.15, -0.1) is 0 Å². The number of para-hydroxylation sites is 1. The average Bonchev–Trinajstić information content (AvgIpc) is 3.32. The summed E-state index contributed by atoms with van der Waals surface area (Å²) >= 11 is 0. The smallest absolute Gasteiger partial charge is 0.326 e. The Morgan fingerprint density at radius 2 is 2.15 bits per heavy atom. The van der Waals surface area contributed by atoms with Gasteiger partial charge >= 0.3 is 5.97 Å². The fourth-order valence-electron chi connectivity index (χ4n) is 3.88. The summed E-state index contributed by atoms with van der Waals surface area (Å²) in [5, 5.41) is 16.6. The predicted molar refractivity (Wildman–Crippen MR) is 103 cm³/mol. The van der Waals surface area contributed by atoms with Crippen LogP contribution in [0, 0.1) is 5.92 Å². The van der Waals surface area contributed by atoms with Gasteiger partial charge < -0.3 is 25.5 Å². The molecule has 0 bridgehead atoms. The van der Waals surface area contributed by atoms with E-state index in [1.54, 1.807) is 20.2 Å². The van der Waals surface area contributed by atoms with E-state index in [9.17, 15) is 14.7 Å². The van der Waals surface area contributed by atoms with Gasteiger partial charge in [-0.3, -0.25) is 4.79 Å². The quantitative estimate of drug-likeness (QED) is 0.564. The van der Waals surface area contributed by atoms with Gasteiger partial charge in [0.25, 0.3) is 0 Å². The lowest BCUT2D eigenvalue weighted by molar-refractivity contribution is -0.143. The van der Waals surface area contributed by atoms with Gasteiger partial charge in [-0.1, -0.05) is 25.1 Å². The van der Waals surface area contributed by atoms with Crippen molar-refractivity contribution in [2.24, 2.45) is 5.92 Å². The van der Waals surface area contributed by atoms with Crippen LogP contribution < -0.4 is 10.6 Å². The van der Waals surface area contributed by atoms with Crippen LogP contribution in [0.25, 0.3) is 10.9 Å². The molecule has 1 aromatic carbocycles. The second kappa shape index (κ2) is 8.54. The van der Waals surface area contributed by atoms with Crippen molar-refractivity contribution < 1.29 is 19.4 Å². The number of fused-ring (bicyclic) bond motifs is 1. The van der Waals surface area contributed by atoms with E-state index in [0.717, 1.165) is 35.9 Å². The Kier molecular flexibility index (Phi) is 6.13. The van der Waals surface area contributed by atoms with Crippen LogP contribution >= 0.6 is 0 Å². The van der Waals surface area contributed by atoms with Gasteiger partial charge in [-0.25, -0.2) is 4.79 Å². The number of nitrogens with one attached hydrogen (secondary N) is 3. The van der Waals surface area contributed by atoms with Crippen molar-refractivity contribution in [3.63, 3.8) is 0 Å². The first kappa shape index (κ1) is 19.4. The molecule has 0 unspecified atom stereocenters. The maximum Gasteiger partial charge on any atom is 0.326 e. The van der Waals surface area contributed by atoms with Crippen molar-refractivity contribution in [2.45, 2.75) is 44.4 Å². The van der Waals surface area contributed by atoms with Crippen molar-refractivity contribution in [1.82, 2.24) is 15.6 Å². The molecular formula is C20H27N3O4. The molecule has 0 aliphatic carbocycles. The molecule has 0 saturated carbocycles. The summed E-state index contributed by atoms with van der Waals surface area (Å²) in [6.07, 6.45) is 3.74. The molecule has 1 amide bonds. The zero-order valence-electron chi connectivity index (χ0n) is 15.7. The minimum Gasteiger partial charge on any atom is -0.480 e. The van der Waals surface area contributed by atoms with Crippen molar-refractivity contribution >= 4 is 22.8 Å². The first-order chi connectivity index (χ1) is 13.0. The van der Waals surface area contributed by atoms with Crippen LogP contribution in [0.3, 0.4) is 0 Å². The third-order valence-electron chi connectivity index (χ3n) is 5.39. The number of carboxylic acid groups (broad SMARTS) is 1. The normalized spacial score (nSPS) is 20.3. The summed E-state index contributed by atoms with van der Waals surface area (Å²) in [4.78, 5) is 27.6. The van der Waals surface area contributed by atoms with Gasteiger partial charge in [0, 0.05) is 36.7 Å². The number of carboxylic acids is 1. The van der Waals surface area contributed by atoms with Gasteiger partial charge in [0.2, 0.25) is 5.91 Å². The predicted octanol–water partition coefficient (Wildman–Crippen LogP) is 1.68. The minimum absolute atomic E-state index is 0.118. The molecule has 7 heteroatoms. The number of carbonyl (C=O) groups is 2. The molecule has 1 fully saturated rings. The summed E-state index contributed by atoms with van der Waals surface area (Å²) in [6.45, 7) is 2.70. The Morgan fingerprint density at radius 3 is 2.81 bits per heavy atom. The summed E-state index contributed by atoms with van der Waals surface area (Å²) in [7, 11) is 1.59. The number of aliphatic carboxylic acids is 1. The lowest BCUT2D eigenvalue weighted by Gasteiger charge is -2.28. The molecule has 3 rings (SSSR count). The molecule has 1 saturated heterocycles. The van der Waals surface area contributed by atoms with Crippen LogP contribution in [-0.2, 0) is 20.7 Å². The highest BCUT2D eigenvalue weighted by molar-refractivity contribution is 5.87. The Bertz CT molecular complexity index is 797. The van der Waals surface area contributed by atoms with Crippen LogP contribution in [0.4, 0.5) is 0 Å². The summed E-state index contributed by atoms with van der Waals surface area (Å²) < 4.78 is 5.55. The van der Waals surface area contributed by atoms with E-state index in [2.05, 4.69) is 15.6 Å². The SMILES string of the molecule is CO[C@@H]([C@@H]1CCCN1)[C@@H](C)C(=O)N[C@@H](Cc1c[nH]c2ccccc12)C(=O)O. The van der Waals surface area contributed by atoms with Crippen molar-refractivity contribution in [2.75, 3.05) is 13.7 Å². The van der Waals surface area contributed by atoms with E-state index in [0.29, 0.717) is 0 Å². The summed E-state index contributed by atoms with van der Waals surface area (Å²) in [5.74, 6) is -1.80. The lowest BCUT2D eigenvalue weighted by atomic mass is 9.95. The van der Waals surface area contributed by atoms with E-state index in [-0.39, 0.29) is 24.5 Å². The van der Waals surface area contributed by atoms with Crippen LogP contribution in [0.15, 0.2) is 30.5 Å². The first-order valence-corrected chi connectivity index (χ1v) is 9.35. The highest BCUT2D eigenvalue weighted by atomic mass is 16.5. The summed E-state index contributed by atoms with van der Waals surface area (Å²) in [5.41, 5.74) is 1.81. The number of methoxy groups -OCH3 is 1.